The number of unbranched alkanes of at least 4 members (excludes halogenated alkanes) is 1. The number of benzene rings is 2. The number of anilines is 1. The summed E-state index contributed by atoms with van der Waals surface area (Å²) in [7, 11) is 0. The van der Waals surface area contributed by atoms with E-state index in [1.807, 2.05) is 30.3 Å². The standard InChI is InChI=1S/C23H28N4O2S/c1-3-27(4-2)18-15-13-17(14-16-18)23(29)26-25-21(28)11-7-8-12-22-24-19-9-5-6-10-20(19)30-22/h5-6,9-10,13-16H,3-4,7-8,11-12H2,1-2H3,(H,25,28)(H,26,29). The lowest BCUT2D eigenvalue weighted by atomic mass is 10.2. The van der Waals surface area contributed by atoms with Gasteiger partial charge in [-0.05, 0) is 69.5 Å². The summed E-state index contributed by atoms with van der Waals surface area (Å²) in [4.78, 5) is 31.0. The van der Waals surface area contributed by atoms with Crippen molar-refractivity contribution in [1.82, 2.24) is 15.8 Å². The van der Waals surface area contributed by atoms with Crippen LogP contribution in [0.15, 0.2) is 48.5 Å². The van der Waals surface area contributed by atoms with Gasteiger partial charge in [-0.2, -0.15) is 0 Å². The van der Waals surface area contributed by atoms with E-state index in [1.165, 1.54) is 4.70 Å². The highest BCUT2D eigenvalue weighted by Gasteiger charge is 2.09. The number of aryl methyl sites for hydroxylation is 1. The molecule has 0 saturated carbocycles. The molecule has 3 aromatic rings. The third-order valence-electron chi connectivity index (χ3n) is 4.96. The Morgan fingerprint density at radius 2 is 1.70 bits per heavy atom. The van der Waals surface area contributed by atoms with E-state index in [0.29, 0.717) is 12.0 Å². The van der Waals surface area contributed by atoms with Crippen molar-refractivity contribution in [3.05, 3.63) is 59.1 Å². The molecule has 0 radical (unpaired) electrons. The first-order chi connectivity index (χ1) is 14.6. The topological polar surface area (TPSA) is 74.3 Å². The van der Waals surface area contributed by atoms with Gasteiger partial charge in [0.2, 0.25) is 5.91 Å². The first-order valence-electron chi connectivity index (χ1n) is 10.4. The summed E-state index contributed by atoms with van der Waals surface area (Å²) in [5.74, 6) is -0.503. The third-order valence-corrected chi connectivity index (χ3v) is 6.05. The molecule has 7 heteroatoms. The Bertz CT molecular complexity index is 947. The fourth-order valence-electron chi connectivity index (χ4n) is 3.26. The number of aromatic nitrogens is 1. The molecule has 0 unspecified atom stereocenters. The minimum absolute atomic E-state index is 0.188. The van der Waals surface area contributed by atoms with E-state index in [1.54, 1.807) is 23.5 Å². The molecule has 6 nitrogen and oxygen atoms in total. The van der Waals surface area contributed by atoms with Crippen LogP contribution >= 0.6 is 11.3 Å². The average molecular weight is 425 g/mol. The Morgan fingerprint density at radius 3 is 2.40 bits per heavy atom. The van der Waals surface area contributed by atoms with Crippen molar-refractivity contribution in [2.45, 2.75) is 39.5 Å². The van der Waals surface area contributed by atoms with Crippen molar-refractivity contribution in [3.8, 4) is 0 Å². The summed E-state index contributed by atoms with van der Waals surface area (Å²) in [6.45, 7) is 6.02. The first kappa shape index (κ1) is 21.8. The van der Waals surface area contributed by atoms with Crippen molar-refractivity contribution < 1.29 is 9.59 Å². The van der Waals surface area contributed by atoms with Gasteiger partial charge in [-0.25, -0.2) is 4.98 Å². The monoisotopic (exact) mass is 424 g/mol. The van der Waals surface area contributed by atoms with E-state index in [0.717, 1.165) is 48.6 Å². The van der Waals surface area contributed by atoms with Gasteiger partial charge in [0, 0.05) is 30.8 Å². The normalized spacial score (nSPS) is 10.7. The van der Waals surface area contributed by atoms with E-state index < -0.39 is 0 Å². The highest BCUT2D eigenvalue weighted by atomic mass is 32.1. The number of nitrogens with zero attached hydrogens (tertiary/aromatic N) is 2. The third kappa shape index (κ3) is 5.79. The minimum Gasteiger partial charge on any atom is -0.372 e. The van der Waals surface area contributed by atoms with Crippen molar-refractivity contribution in [2.24, 2.45) is 0 Å². The zero-order valence-electron chi connectivity index (χ0n) is 17.5. The van der Waals surface area contributed by atoms with Gasteiger partial charge in [0.15, 0.2) is 0 Å². The van der Waals surface area contributed by atoms with Gasteiger partial charge >= 0.3 is 0 Å². The predicted octanol–water partition coefficient (Wildman–Crippen LogP) is 4.32. The number of rotatable bonds is 9. The lowest BCUT2D eigenvalue weighted by Crippen LogP contribution is -2.41. The molecule has 2 amide bonds. The van der Waals surface area contributed by atoms with Crippen molar-refractivity contribution in [1.29, 1.82) is 0 Å². The molecule has 0 aliphatic carbocycles. The molecule has 0 aliphatic heterocycles. The maximum Gasteiger partial charge on any atom is 0.269 e. The second-order valence-corrected chi connectivity index (χ2v) is 8.12. The van der Waals surface area contributed by atoms with E-state index in [9.17, 15) is 9.59 Å². The number of nitrogens with one attached hydrogen (secondary N) is 2. The molecule has 2 aromatic carbocycles. The van der Waals surface area contributed by atoms with Gasteiger partial charge in [0.1, 0.15) is 0 Å². The molecule has 3 rings (SSSR count). The van der Waals surface area contributed by atoms with Crippen LogP contribution in [-0.2, 0) is 11.2 Å². The summed E-state index contributed by atoms with van der Waals surface area (Å²) < 4.78 is 1.19. The van der Waals surface area contributed by atoms with E-state index in [4.69, 9.17) is 0 Å². The SMILES string of the molecule is CCN(CC)c1ccc(C(=O)NNC(=O)CCCCc2nc3ccccc3s2)cc1. The molecule has 158 valence electrons. The maximum absolute atomic E-state index is 12.2. The van der Waals surface area contributed by atoms with Gasteiger partial charge in [0.05, 0.1) is 15.2 Å². The minimum atomic E-state index is -0.316. The molecule has 0 aliphatic rings. The second-order valence-electron chi connectivity index (χ2n) is 7.00. The van der Waals surface area contributed by atoms with Crippen LogP contribution in [0.25, 0.3) is 10.2 Å². The van der Waals surface area contributed by atoms with Crippen LogP contribution in [0.2, 0.25) is 0 Å². The number of para-hydroxylation sites is 1. The van der Waals surface area contributed by atoms with E-state index in [-0.39, 0.29) is 11.8 Å². The lowest BCUT2D eigenvalue weighted by molar-refractivity contribution is -0.121. The van der Waals surface area contributed by atoms with Gasteiger partial charge in [0.25, 0.3) is 5.91 Å². The van der Waals surface area contributed by atoms with Crippen molar-refractivity contribution >= 4 is 39.1 Å². The Morgan fingerprint density at radius 1 is 0.967 bits per heavy atom. The van der Waals surface area contributed by atoms with Crippen molar-refractivity contribution in [2.75, 3.05) is 18.0 Å². The largest absolute Gasteiger partial charge is 0.372 e. The highest BCUT2D eigenvalue weighted by Crippen LogP contribution is 2.22. The molecular formula is C23H28N4O2S. The van der Waals surface area contributed by atoms with Gasteiger partial charge in [-0.3, -0.25) is 20.4 Å². The maximum atomic E-state index is 12.2. The fourth-order valence-corrected chi connectivity index (χ4v) is 4.27. The molecule has 0 bridgehead atoms. The van der Waals surface area contributed by atoms with Crippen molar-refractivity contribution in [3.63, 3.8) is 0 Å². The smallest absolute Gasteiger partial charge is 0.269 e. The van der Waals surface area contributed by atoms with Crippen LogP contribution in [0.4, 0.5) is 5.69 Å². The Balaban J connectivity index is 1.37. The quantitative estimate of drug-likeness (QED) is 0.396. The molecule has 0 fully saturated rings. The van der Waals surface area contributed by atoms with Crippen LogP contribution in [0.3, 0.4) is 0 Å². The molecule has 30 heavy (non-hydrogen) atoms. The molecule has 0 atom stereocenters. The summed E-state index contributed by atoms with van der Waals surface area (Å²) in [6.07, 6.45) is 2.86. The number of fused-ring (bicyclic) bond motifs is 1. The van der Waals surface area contributed by atoms with E-state index >= 15 is 0 Å². The summed E-state index contributed by atoms with van der Waals surface area (Å²) in [5.41, 5.74) is 7.61. The summed E-state index contributed by atoms with van der Waals surface area (Å²) >= 11 is 1.70. The van der Waals surface area contributed by atoms with Crippen LogP contribution in [0, 0.1) is 0 Å². The zero-order valence-corrected chi connectivity index (χ0v) is 18.3. The van der Waals surface area contributed by atoms with Gasteiger partial charge < -0.3 is 4.90 Å². The molecule has 2 N–H and O–H groups in total. The Hall–Kier alpha value is -2.93. The number of amides is 2. The number of carbonyl (C=O) groups is 2. The van der Waals surface area contributed by atoms with E-state index in [2.05, 4.69) is 40.6 Å². The summed E-state index contributed by atoms with van der Waals surface area (Å²) in [5, 5.41) is 1.10. The Kier molecular flexibility index (Phi) is 7.79. The number of carbonyl (C=O) groups excluding carboxylic acids is 2. The van der Waals surface area contributed by atoms with Gasteiger partial charge in [-0.15, -0.1) is 11.3 Å². The number of hydrazine groups is 1. The first-order valence-corrected chi connectivity index (χ1v) is 11.2. The number of thiazole rings is 1. The Labute approximate surface area is 181 Å². The van der Waals surface area contributed by atoms with Crippen LogP contribution < -0.4 is 15.8 Å². The molecule has 1 heterocycles. The molecular weight excluding hydrogens is 396 g/mol. The molecule has 0 saturated heterocycles. The van der Waals surface area contributed by atoms with Gasteiger partial charge in [-0.1, -0.05) is 12.1 Å². The number of hydrogen-bond acceptors (Lipinski definition) is 5. The summed E-state index contributed by atoms with van der Waals surface area (Å²) in [6, 6.07) is 15.5. The number of hydrogen-bond donors (Lipinski definition) is 2. The second kappa shape index (κ2) is 10.7. The van der Waals surface area contributed by atoms with Crippen LogP contribution in [-0.4, -0.2) is 29.9 Å². The predicted molar refractivity (Wildman–Crippen MR) is 123 cm³/mol. The highest BCUT2D eigenvalue weighted by molar-refractivity contribution is 7.18. The lowest BCUT2D eigenvalue weighted by Gasteiger charge is -2.21. The van der Waals surface area contributed by atoms with Crippen LogP contribution in [0.5, 0.6) is 0 Å². The fraction of sp³-hybridized carbons (Fsp3) is 0.348. The molecule has 0 spiro atoms. The van der Waals surface area contributed by atoms with Crippen LogP contribution in [0.1, 0.15) is 48.5 Å². The molecule has 1 aromatic heterocycles. The average Bonchev–Trinajstić information content (AvgIpc) is 3.19. The zero-order chi connectivity index (χ0) is 21.3.